The first kappa shape index (κ1) is 20.4. The Morgan fingerprint density at radius 3 is 2.73 bits per heavy atom. The van der Waals surface area contributed by atoms with Crippen molar-refractivity contribution in [2.75, 3.05) is 0 Å². The summed E-state index contributed by atoms with van der Waals surface area (Å²) in [6.07, 6.45) is 0. The minimum atomic E-state index is 0.353. The van der Waals surface area contributed by atoms with Crippen molar-refractivity contribution in [2.45, 2.75) is 37.9 Å². The van der Waals surface area contributed by atoms with Gasteiger partial charge in [0, 0.05) is 17.1 Å². The SMILES string of the molecule is CCn1c(COc2ccc(C)cc2)nnc1SCc1noc(-c2cccc(Cl)c2)n1. The van der Waals surface area contributed by atoms with Gasteiger partial charge in [-0.1, -0.05) is 52.3 Å². The van der Waals surface area contributed by atoms with Crippen LogP contribution in [-0.4, -0.2) is 24.9 Å². The van der Waals surface area contributed by atoms with Crippen molar-refractivity contribution in [2.24, 2.45) is 0 Å². The quantitative estimate of drug-likeness (QED) is 0.348. The molecule has 30 heavy (non-hydrogen) atoms. The summed E-state index contributed by atoms with van der Waals surface area (Å²) in [5, 5.41) is 14.0. The fraction of sp³-hybridized carbons (Fsp3) is 0.238. The van der Waals surface area contributed by atoms with Crippen molar-refractivity contribution < 1.29 is 9.26 Å². The van der Waals surface area contributed by atoms with Crippen LogP contribution >= 0.6 is 23.4 Å². The van der Waals surface area contributed by atoms with E-state index in [4.69, 9.17) is 20.9 Å². The van der Waals surface area contributed by atoms with Crippen LogP contribution in [0.2, 0.25) is 5.02 Å². The maximum Gasteiger partial charge on any atom is 0.258 e. The molecule has 4 rings (SSSR count). The van der Waals surface area contributed by atoms with Gasteiger partial charge in [0.15, 0.2) is 16.8 Å². The van der Waals surface area contributed by atoms with Crippen molar-refractivity contribution in [3.63, 3.8) is 0 Å². The van der Waals surface area contributed by atoms with E-state index >= 15 is 0 Å². The van der Waals surface area contributed by atoms with Gasteiger partial charge in [-0.05, 0) is 44.2 Å². The highest BCUT2D eigenvalue weighted by molar-refractivity contribution is 7.98. The highest BCUT2D eigenvalue weighted by atomic mass is 35.5. The Hall–Kier alpha value is -2.84. The molecular formula is C21H20ClN5O2S. The number of thioether (sulfide) groups is 1. The van der Waals surface area contributed by atoms with E-state index in [-0.39, 0.29) is 0 Å². The molecule has 154 valence electrons. The largest absolute Gasteiger partial charge is 0.486 e. The Morgan fingerprint density at radius 2 is 1.97 bits per heavy atom. The summed E-state index contributed by atoms with van der Waals surface area (Å²) in [5.41, 5.74) is 1.98. The van der Waals surface area contributed by atoms with E-state index in [1.165, 1.54) is 17.3 Å². The number of hydrogen-bond donors (Lipinski definition) is 0. The predicted molar refractivity (Wildman–Crippen MR) is 116 cm³/mol. The zero-order chi connectivity index (χ0) is 20.9. The van der Waals surface area contributed by atoms with Crippen LogP contribution in [0.25, 0.3) is 11.5 Å². The van der Waals surface area contributed by atoms with E-state index in [0.29, 0.717) is 29.1 Å². The summed E-state index contributed by atoms with van der Waals surface area (Å²) in [4.78, 5) is 4.44. The average molecular weight is 442 g/mol. The molecule has 0 unspecified atom stereocenters. The molecule has 0 N–H and O–H groups in total. The Kier molecular flexibility index (Phi) is 6.35. The van der Waals surface area contributed by atoms with Gasteiger partial charge in [0.2, 0.25) is 0 Å². The second-order valence-corrected chi connectivity index (χ2v) is 7.94. The molecule has 7 nitrogen and oxygen atoms in total. The van der Waals surface area contributed by atoms with Crippen molar-refractivity contribution >= 4 is 23.4 Å². The van der Waals surface area contributed by atoms with Gasteiger partial charge in [-0.2, -0.15) is 4.98 Å². The van der Waals surface area contributed by atoms with Crippen LogP contribution in [-0.2, 0) is 18.9 Å². The number of benzene rings is 2. The van der Waals surface area contributed by atoms with Crippen LogP contribution in [0.4, 0.5) is 0 Å². The third-order valence-electron chi connectivity index (χ3n) is 4.37. The molecule has 0 amide bonds. The Morgan fingerprint density at radius 1 is 1.13 bits per heavy atom. The normalized spacial score (nSPS) is 11.0. The van der Waals surface area contributed by atoms with Crippen LogP contribution in [0.15, 0.2) is 58.2 Å². The molecule has 2 heterocycles. The summed E-state index contributed by atoms with van der Waals surface area (Å²) in [5.74, 6) is 3.12. The number of halogens is 1. The van der Waals surface area contributed by atoms with Gasteiger partial charge in [0.05, 0.1) is 5.75 Å². The number of hydrogen-bond acceptors (Lipinski definition) is 7. The fourth-order valence-electron chi connectivity index (χ4n) is 2.81. The summed E-state index contributed by atoms with van der Waals surface area (Å²) in [7, 11) is 0. The Labute approximate surface area is 183 Å². The monoisotopic (exact) mass is 441 g/mol. The Bertz CT molecular complexity index is 1130. The molecule has 0 spiro atoms. The average Bonchev–Trinajstić information content (AvgIpc) is 3.38. The zero-order valence-corrected chi connectivity index (χ0v) is 18.2. The van der Waals surface area contributed by atoms with Gasteiger partial charge in [-0.15, -0.1) is 10.2 Å². The highest BCUT2D eigenvalue weighted by Gasteiger charge is 2.15. The molecule has 2 aromatic heterocycles. The number of ether oxygens (including phenoxy) is 1. The van der Waals surface area contributed by atoms with Gasteiger partial charge in [0.25, 0.3) is 5.89 Å². The first-order valence-electron chi connectivity index (χ1n) is 9.45. The van der Waals surface area contributed by atoms with Gasteiger partial charge in [-0.25, -0.2) is 0 Å². The van der Waals surface area contributed by atoms with Crippen molar-refractivity contribution in [3.05, 3.63) is 70.8 Å². The lowest BCUT2D eigenvalue weighted by Crippen LogP contribution is -2.07. The van der Waals surface area contributed by atoms with E-state index in [1.54, 1.807) is 12.1 Å². The van der Waals surface area contributed by atoms with E-state index < -0.39 is 0 Å². The maximum absolute atomic E-state index is 6.03. The van der Waals surface area contributed by atoms with Gasteiger partial charge < -0.3 is 13.8 Å². The van der Waals surface area contributed by atoms with Crippen molar-refractivity contribution in [3.8, 4) is 17.2 Å². The number of aryl methyl sites for hydroxylation is 1. The molecule has 0 atom stereocenters. The third-order valence-corrected chi connectivity index (χ3v) is 5.57. The van der Waals surface area contributed by atoms with Crippen LogP contribution in [0.3, 0.4) is 0 Å². The molecular weight excluding hydrogens is 422 g/mol. The van der Waals surface area contributed by atoms with E-state index in [9.17, 15) is 0 Å². The lowest BCUT2D eigenvalue weighted by molar-refractivity contribution is 0.288. The smallest absolute Gasteiger partial charge is 0.258 e. The summed E-state index contributed by atoms with van der Waals surface area (Å²) in [6.45, 7) is 5.19. The minimum absolute atomic E-state index is 0.353. The first-order chi connectivity index (χ1) is 14.6. The number of aromatic nitrogens is 5. The molecule has 0 saturated carbocycles. The molecule has 0 aliphatic rings. The van der Waals surface area contributed by atoms with E-state index in [0.717, 1.165) is 28.8 Å². The first-order valence-corrected chi connectivity index (χ1v) is 10.8. The van der Waals surface area contributed by atoms with Gasteiger partial charge in [-0.3, -0.25) is 0 Å². The van der Waals surface area contributed by atoms with Crippen LogP contribution in [0.5, 0.6) is 5.75 Å². The lowest BCUT2D eigenvalue weighted by Gasteiger charge is -2.08. The molecule has 4 aromatic rings. The third kappa shape index (κ3) is 4.83. The van der Waals surface area contributed by atoms with Crippen LogP contribution in [0.1, 0.15) is 24.1 Å². The molecule has 0 bridgehead atoms. The minimum Gasteiger partial charge on any atom is -0.486 e. The molecule has 0 radical (unpaired) electrons. The maximum atomic E-state index is 6.03. The Balaban J connectivity index is 1.40. The predicted octanol–water partition coefficient (Wildman–Crippen LogP) is 5.18. The summed E-state index contributed by atoms with van der Waals surface area (Å²) < 4.78 is 13.2. The molecule has 0 fully saturated rings. The van der Waals surface area contributed by atoms with E-state index in [1.807, 2.05) is 54.8 Å². The second kappa shape index (κ2) is 9.32. The molecule has 0 aliphatic carbocycles. The van der Waals surface area contributed by atoms with E-state index in [2.05, 4.69) is 20.3 Å². The van der Waals surface area contributed by atoms with Crippen LogP contribution in [0, 0.1) is 6.92 Å². The van der Waals surface area contributed by atoms with Crippen molar-refractivity contribution in [1.29, 1.82) is 0 Å². The zero-order valence-electron chi connectivity index (χ0n) is 16.6. The topological polar surface area (TPSA) is 78.9 Å². The van der Waals surface area contributed by atoms with Crippen molar-refractivity contribution in [1.82, 2.24) is 24.9 Å². The lowest BCUT2D eigenvalue weighted by atomic mass is 10.2. The summed E-state index contributed by atoms with van der Waals surface area (Å²) >= 11 is 7.53. The number of rotatable bonds is 8. The summed E-state index contributed by atoms with van der Waals surface area (Å²) in [6, 6.07) is 15.3. The highest BCUT2D eigenvalue weighted by Crippen LogP contribution is 2.25. The molecule has 2 aromatic carbocycles. The number of nitrogens with zero attached hydrogens (tertiary/aromatic N) is 5. The molecule has 0 aliphatic heterocycles. The standard InChI is InChI=1S/C21H20ClN5O2S/c1-3-27-19(12-28-17-9-7-14(2)8-10-17)24-25-21(27)30-13-18-23-20(29-26-18)15-5-4-6-16(22)11-15/h4-11H,3,12-13H2,1-2H3. The molecule has 0 saturated heterocycles. The van der Waals surface area contributed by atoms with Gasteiger partial charge >= 0.3 is 0 Å². The molecule has 9 heteroatoms. The van der Waals surface area contributed by atoms with Crippen LogP contribution < -0.4 is 4.74 Å². The fourth-order valence-corrected chi connectivity index (χ4v) is 3.87. The van der Waals surface area contributed by atoms with Gasteiger partial charge in [0.1, 0.15) is 12.4 Å². The second-order valence-electron chi connectivity index (χ2n) is 6.56.